The predicted octanol–water partition coefficient (Wildman–Crippen LogP) is 5.90. The third-order valence-electron chi connectivity index (χ3n) is 4.43. The molecule has 0 radical (unpaired) electrons. The zero-order valence-corrected chi connectivity index (χ0v) is 17.2. The second-order valence-electron chi connectivity index (χ2n) is 6.92. The molecule has 168 valence electrons. The lowest BCUT2D eigenvalue weighted by molar-refractivity contribution is -0.384. The fourth-order valence-corrected chi connectivity index (χ4v) is 2.71. The molecule has 1 aromatic heterocycles. The molecule has 0 spiro atoms. The van der Waals surface area contributed by atoms with Crippen molar-refractivity contribution in [2.24, 2.45) is 0 Å². The molecule has 0 aliphatic heterocycles. The summed E-state index contributed by atoms with van der Waals surface area (Å²) < 4.78 is 41.8. The highest BCUT2D eigenvalue weighted by molar-refractivity contribution is 5.68. The van der Waals surface area contributed by atoms with Crippen molar-refractivity contribution in [3.05, 3.63) is 64.7 Å². The number of nitro benzene ring substituents is 1. The monoisotopic (exact) mass is 447 g/mol. The van der Waals surface area contributed by atoms with Gasteiger partial charge in [0.2, 0.25) is 5.95 Å². The first kappa shape index (κ1) is 22.8. The summed E-state index contributed by atoms with van der Waals surface area (Å²) in [6.07, 6.45) is -4.01. The number of hydrogen-bond donors (Lipinski definition) is 2. The van der Waals surface area contributed by atoms with Gasteiger partial charge in [0.25, 0.3) is 5.69 Å². The number of ether oxygens (including phenoxy) is 1. The van der Waals surface area contributed by atoms with Crippen LogP contribution in [0.25, 0.3) is 11.3 Å². The average Bonchev–Trinajstić information content (AvgIpc) is 2.73. The zero-order chi connectivity index (χ0) is 23.3. The highest BCUT2D eigenvalue weighted by Crippen LogP contribution is 2.29. The van der Waals surface area contributed by atoms with Gasteiger partial charge in [-0.1, -0.05) is 19.1 Å². The van der Waals surface area contributed by atoms with Gasteiger partial charge in [-0.05, 0) is 37.6 Å². The van der Waals surface area contributed by atoms with Gasteiger partial charge in [0.1, 0.15) is 11.6 Å². The molecule has 11 heteroatoms. The summed E-state index contributed by atoms with van der Waals surface area (Å²) in [5.74, 6) is 0.273. The van der Waals surface area contributed by atoms with Gasteiger partial charge in [0.05, 0.1) is 10.6 Å². The number of non-ortho nitro benzene ring substituents is 1. The molecule has 0 bridgehead atoms. The molecule has 0 fully saturated rings. The Morgan fingerprint density at radius 3 is 2.47 bits per heavy atom. The molecule has 2 aromatic carbocycles. The van der Waals surface area contributed by atoms with Crippen LogP contribution in [0, 0.1) is 10.1 Å². The van der Waals surface area contributed by atoms with Gasteiger partial charge in [-0.2, -0.15) is 4.98 Å². The molecule has 0 saturated carbocycles. The molecule has 3 aromatic rings. The van der Waals surface area contributed by atoms with Gasteiger partial charge in [0.15, 0.2) is 0 Å². The van der Waals surface area contributed by atoms with E-state index in [-0.39, 0.29) is 23.4 Å². The Balaban J connectivity index is 1.96. The van der Waals surface area contributed by atoms with Crippen LogP contribution in [-0.2, 0) is 0 Å². The third-order valence-corrected chi connectivity index (χ3v) is 4.43. The molecule has 0 amide bonds. The summed E-state index contributed by atoms with van der Waals surface area (Å²) in [6, 6.07) is 12.8. The van der Waals surface area contributed by atoms with Crippen LogP contribution in [0.3, 0.4) is 0 Å². The van der Waals surface area contributed by atoms with Crippen molar-refractivity contribution in [3.8, 4) is 17.0 Å². The van der Waals surface area contributed by atoms with E-state index in [0.29, 0.717) is 22.8 Å². The number of alkyl halides is 3. The molecule has 0 unspecified atom stereocenters. The van der Waals surface area contributed by atoms with E-state index in [9.17, 15) is 23.3 Å². The van der Waals surface area contributed by atoms with E-state index >= 15 is 0 Å². The second-order valence-corrected chi connectivity index (χ2v) is 6.92. The van der Waals surface area contributed by atoms with E-state index < -0.39 is 11.3 Å². The van der Waals surface area contributed by atoms with E-state index in [2.05, 4.69) is 25.3 Å². The third kappa shape index (κ3) is 6.30. The van der Waals surface area contributed by atoms with E-state index in [1.54, 1.807) is 12.1 Å². The fraction of sp³-hybridized carbons (Fsp3) is 0.238. The minimum Gasteiger partial charge on any atom is -0.406 e. The van der Waals surface area contributed by atoms with Crippen LogP contribution in [0.15, 0.2) is 54.6 Å². The molecule has 0 saturated heterocycles. The first-order valence-corrected chi connectivity index (χ1v) is 9.66. The Morgan fingerprint density at radius 2 is 1.84 bits per heavy atom. The quantitative estimate of drug-likeness (QED) is 0.327. The van der Waals surface area contributed by atoms with Gasteiger partial charge < -0.3 is 15.4 Å². The minimum atomic E-state index is -4.81. The predicted molar refractivity (Wildman–Crippen MR) is 114 cm³/mol. The first-order valence-electron chi connectivity index (χ1n) is 9.66. The Labute approximate surface area is 181 Å². The van der Waals surface area contributed by atoms with Crippen molar-refractivity contribution in [1.29, 1.82) is 0 Å². The maximum atomic E-state index is 12.6. The van der Waals surface area contributed by atoms with Crippen molar-refractivity contribution in [2.75, 3.05) is 10.6 Å². The number of nitro groups is 1. The van der Waals surface area contributed by atoms with Gasteiger partial charge in [-0.3, -0.25) is 10.1 Å². The lowest BCUT2D eigenvalue weighted by atomic mass is 10.1. The van der Waals surface area contributed by atoms with E-state index in [4.69, 9.17) is 0 Å². The molecule has 0 aliphatic carbocycles. The summed E-state index contributed by atoms with van der Waals surface area (Å²) in [7, 11) is 0. The second kappa shape index (κ2) is 9.50. The van der Waals surface area contributed by atoms with Crippen molar-refractivity contribution >= 4 is 23.1 Å². The lowest BCUT2D eigenvalue weighted by Crippen LogP contribution is -2.17. The Hall–Kier alpha value is -3.89. The maximum absolute atomic E-state index is 12.6. The minimum absolute atomic E-state index is 0.0531. The topological polar surface area (TPSA) is 102 Å². The standard InChI is InChI=1S/C21H20F3N5O3/c1-3-13(2)25-20-27-18(14-5-4-6-17(11-14)32-21(22,23)24)12-19(28-20)26-15-7-9-16(10-8-15)29(30)31/h4-13H,3H2,1-2H3,(H2,25,26,27,28)/t13-/m1/s1. The summed E-state index contributed by atoms with van der Waals surface area (Å²) in [4.78, 5) is 19.2. The lowest BCUT2D eigenvalue weighted by Gasteiger charge is -2.15. The van der Waals surface area contributed by atoms with E-state index in [1.807, 2.05) is 13.8 Å². The van der Waals surface area contributed by atoms with Crippen LogP contribution in [0.1, 0.15) is 20.3 Å². The smallest absolute Gasteiger partial charge is 0.406 e. The molecule has 3 rings (SSSR count). The number of nitrogens with one attached hydrogen (secondary N) is 2. The zero-order valence-electron chi connectivity index (χ0n) is 17.2. The van der Waals surface area contributed by atoms with Gasteiger partial charge in [-0.25, -0.2) is 4.98 Å². The van der Waals surface area contributed by atoms with Crippen LogP contribution < -0.4 is 15.4 Å². The molecule has 1 heterocycles. The Bertz CT molecular complexity index is 1090. The number of aromatic nitrogens is 2. The number of anilines is 3. The molecule has 2 N–H and O–H groups in total. The summed E-state index contributed by atoms with van der Waals surface area (Å²) >= 11 is 0. The number of nitrogens with zero attached hydrogens (tertiary/aromatic N) is 3. The van der Waals surface area contributed by atoms with Crippen molar-refractivity contribution in [2.45, 2.75) is 32.7 Å². The average molecular weight is 447 g/mol. The van der Waals surface area contributed by atoms with Gasteiger partial charge >= 0.3 is 6.36 Å². The normalized spacial score (nSPS) is 12.2. The molecular formula is C21H20F3N5O3. The highest BCUT2D eigenvalue weighted by atomic mass is 19.4. The van der Waals surface area contributed by atoms with Crippen molar-refractivity contribution in [1.82, 2.24) is 9.97 Å². The van der Waals surface area contributed by atoms with Crippen LogP contribution in [0.5, 0.6) is 5.75 Å². The van der Waals surface area contributed by atoms with Gasteiger partial charge in [0, 0.05) is 35.5 Å². The molecule has 32 heavy (non-hydrogen) atoms. The van der Waals surface area contributed by atoms with Gasteiger partial charge in [-0.15, -0.1) is 13.2 Å². The van der Waals surface area contributed by atoms with Crippen LogP contribution in [0.2, 0.25) is 0 Å². The van der Waals surface area contributed by atoms with Crippen molar-refractivity contribution < 1.29 is 22.8 Å². The largest absolute Gasteiger partial charge is 0.573 e. The Morgan fingerprint density at radius 1 is 1.12 bits per heavy atom. The molecule has 0 aliphatic rings. The van der Waals surface area contributed by atoms with Crippen LogP contribution in [-0.4, -0.2) is 27.3 Å². The van der Waals surface area contributed by atoms with Crippen molar-refractivity contribution in [3.63, 3.8) is 0 Å². The first-order chi connectivity index (χ1) is 15.1. The molecule has 1 atom stereocenters. The Kier molecular flexibility index (Phi) is 6.76. The molecular weight excluding hydrogens is 427 g/mol. The fourth-order valence-electron chi connectivity index (χ4n) is 2.71. The highest BCUT2D eigenvalue weighted by Gasteiger charge is 2.31. The summed E-state index contributed by atoms with van der Waals surface area (Å²) in [6.45, 7) is 3.92. The SMILES string of the molecule is CC[C@@H](C)Nc1nc(Nc2ccc([N+](=O)[O-])cc2)cc(-c2cccc(OC(F)(F)F)c2)n1. The number of halogens is 3. The van der Waals surface area contributed by atoms with Crippen LogP contribution in [0.4, 0.5) is 36.3 Å². The number of rotatable bonds is 8. The van der Waals surface area contributed by atoms with Crippen LogP contribution >= 0.6 is 0 Å². The number of hydrogen-bond acceptors (Lipinski definition) is 7. The maximum Gasteiger partial charge on any atom is 0.573 e. The summed E-state index contributed by atoms with van der Waals surface area (Å²) in [5, 5.41) is 17.0. The van der Waals surface area contributed by atoms with E-state index in [1.165, 1.54) is 42.5 Å². The van der Waals surface area contributed by atoms with E-state index in [0.717, 1.165) is 6.42 Å². The molecule has 8 nitrogen and oxygen atoms in total. The summed E-state index contributed by atoms with van der Waals surface area (Å²) in [5.41, 5.74) is 1.25. The number of benzene rings is 2.